The smallest absolute Gasteiger partial charge is 0.409 e. The summed E-state index contributed by atoms with van der Waals surface area (Å²) in [4.78, 5) is 33.5. The molecule has 22 heavy (non-hydrogen) atoms. The summed E-state index contributed by atoms with van der Waals surface area (Å²) in [7, 11) is 0. The van der Waals surface area contributed by atoms with Crippen LogP contribution >= 0.6 is 0 Å². The van der Waals surface area contributed by atoms with Gasteiger partial charge in [0.25, 0.3) is 5.91 Å². The van der Waals surface area contributed by atoms with Crippen LogP contribution in [0, 0.1) is 12.3 Å². The molecule has 0 saturated carbocycles. The Hall–Kier alpha value is -2.27. The fraction of sp³-hybridized carbons (Fsp3) is 0.643. The molecule has 0 aliphatic carbocycles. The van der Waals surface area contributed by atoms with E-state index in [0.717, 1.165) is 0 Å². The summed E-state index contributed by atoms with van der Waals surface area (Å²) >= 11 is 0. The van der Waals surface area contributed by atoms with Crippen molar-refractivity contribution in [1.29, 1.82) is 0 Å². The third-order valence-corrected chi connectivity index (χ3v) is 2.10. The molecule has 1 unspecified atom stereocenters. The molecule has 8 heteroatoms. The molecule has 0 aromatic rings. The predicted octanol–water partition coefficient (Wildman–Crippen LogP) is 0.120. The average molecular weight is 314 g/mol. The monoisotopic (exact) mass is 314 g/mol. The highest BCUT2D eigenvalue weighted by Gasteiger charge is 2.22. The molecule has 0 fully saturated rings. The molecule has 124 valence electrons. The van der Waals surface area contributed by atoms with Gasteiger partial charge in [-0.3, -0.25) is 14.9 Å². The summed E-state index contributed by atoms with van der Waals surface area (Å²) in [5.74, 6) is 0.609. The minimum absolute atomic E-state index is 0.0555. The average Bonchev–Trinajstić information content (AvgIpc) is 2.37. The summed E-state index contributed by atoms with van der Waals surface area (Å²) in [5, 5.41) is 13.1. The maximum atomic E-state index is 11.7. The summed E-state index contributed by atoms with van der Waals surface area (Å²) in [6.45, 7) is 5.40. The van der Waals surface area contributed by atoms with E-state index in [1.807, 2.05) is 0 Å². The molecule has 0 rings (SSSR count). The minimum Gasteiger partial charge on any atom is -0.481 e. The highest BCUT2D eigenvalue weighted by molar-refractivity contribution is 5.88. The van der Waals surface area contributed by atoms with Gasteiger partial charge in [0.05, 0.1) is 19.6 Å². The standard InChI is InChI=1S/C14H22N2O6/c1-5-10(16-13(20)22-14(2,3)4)12(19)15-7-9-21-8-6-11(17)18/h1,10H,6-9H2,2-4H3,(H,15,19)(H,16,20)(H,17,18). The molecular weight excluding hydrogens is 292 g/mol. The van der Waals surface area contributed by atoms with Crippen LogP contribution in [0.5, 0.6) is 0 Å². The zero-order valence-corrected chi connectivity index (χ0v) is 13.0. The first kappa shape index (κ1) is 19.7. The zero-order valence-electron chi connectivity index (χ0n) is 13.0. The number of aliphatic carboxylic acids is 1. The number of carbonyl (C=O) groups excluding carboxylic acids is 2. The molecule has 3 N–H and O–H groups in total. The van der Waals surface area contributed by atoms with Crippen molar-refractivity contribution in [2.24, 2.45) is 0 Å². The van der Waals surface area contributed by atoms with Crippen LogP contribution in [0.3, 0.4) is 0 Å². The van der Waals surface area contributed by atoms with Gasteiger partial charge in [0.1, 0.15) is 5.60 Å². The van der Waals surface area contributed by atoms with Crippen molar-refractivity contribution in [3.05, 3.63) is 0 Å². The number of alkyl carbamates (subject to hydrolysis) is 1. The van der Waals surface area contributed by atoms with E-state index in [-0.39, 0.29) is 26.2 Å². The maximum Gasteiger partial charge on any atom is 0.409 e. The van der Waals surface area contributed by atoms with Crippen molar-refractivity contribution < 1.29 is 29.0 Å². The Morgan fingerprint density at radius 2 is 1.91 bits per heavy atom. The highest BCUT2D eigenvalue weighted by atomic mass is 16.6. The van der Waals surface area contributed by atoms with Crippen LogP contribution in [-0.4, -0.2) is 54.5 Å². The van der Waals surface area contributed by atoms with Gasteiger partial charge in [-0.15, -0.1) is 6.42 Å². The Bertz CT molecular complexity index is 436. The van der Waals surface area contributed by atoms with Gasteiger partial charge >= 0.3 is 12.1 Å². The number of nitrogens with one attached hydrogen (secondary N) is 2. The van der Waals surface area contributed by atoms with Gasteiger partial charge in [-0.2, -0.15) is 0 Å². The van der Waals surface area contributed by atoms with Crippen LogP contribution in [0.25, 0.3) is 0 Å². The van der Waals surface area contributed by atoms with Crippen LogP contribution in [0.2, 0.25) is 0 Å². The molecule has 0 saturated heterocycles. The van der Waals surface area contributed by atoms with Gasteiger partial charge in [0, 0.05) is 6.54 Å². The lowest BCUT2D eigenvalue weighted by Crippen LogP contribution is -2.48. The molecule has 0 aromatic heterocycles. The van der Waals surface area contributed by atoms with Crippen molar-refractivity contribution in [2.45, 2.75) is 38.8 Å². The maximum absolute atomic E-state index is 11.7. The lowest BCUT2D eigenvalue weighted by Gasteiger charge is -2.21. The van der Waals surface area contributed by atoms with Crippen molar-refractivity contribution in [3.63, 3.8) is 0 Å². The molecular formula is C14H22N2O6. The van der Waals surface area contributed by atoms with Gasteiger partial charge in [-0.05, 0) is 20.8 Å². The molecule has 0 aliphatic rings. The summed E-state index contributed by atoms with van der Waals surface area (Å²) in [6, 6.07) is -1.16. The fourth-order valence-electron chi connectivity index (χ4n) is 1.22. The van der Waals surface area contributed by atoms with E-state index in [1.165, 1.54) is 0 Å². The number of carboxylic acids is 1. The van der Waals surface area contributed by atoms with Crippen molar-refractivity contribution in [1.82, 2.24) is 10.6 Å². The number of carboxylic acid groups (broad SMARTS) is 1. The van der Waals surface area contributed by atoms with E-state index in [1.54, 1.807) is 20.8 Å². The first-order valence-corrected chi connectivity index (χ1v) is 6.68. The molecule has 0 spiro atoms. The molecule has 0 heterocycles. The molecule has 0 bridgehead atoms. The third kappa shape index (κ3) is 10.5. The molecule has 2 amide bonds. The highest BCUT2D eigenvalue weighted by Crippen LogP contribution is 2.06. The van der Waals surface area contributed by atoms with Crippen LogP contribution in [0.15, 0.2) is 0 Å². The van der Waals surface area contributed by atoms with E-state index in [9.17, 15) is 14.4 Å². The summed E-state index contributed by atoms with van der Waals surface area (Å²) in [6.07, 6.45) is 4.29. The van der Waals surface area contributed by atoms with Gasteiger partial charge in [0.2, 0.25) is 0 Å². The normalized spacial score (nSPS) is 11.9. The van der Waals surface area contributed by atoms with Crippen molar-refractivity contribution in [3.8, 4) is 12.3 Å². The molecule has 0 aromatic carbocycles. The van der Waals surface area contributed by atoms with E-state index in [0.29, 0.717) is 0 Å². The van der Waals surface area contributed by atoms with E-state index >= 15 is 0 Å². The molecule has 8 nitrogen and oxygen atoms in total. The second-order valence-corrected chi connectivity index (χ2v) is 5.29. The van der Waals surface area contributed by atoms with Crippen LogP contribution < -0.4 is 10.6 Å². The topological polar surface area (TPSA) is 114 Å². The van der Waals surface area contributed by atoms with Gasteiger partial charge in [-0.25, -0.2) is 4.79 Å². The number of terminal acetylenes is 1. The second kappa shape index (κ2) is 9.63. The summed E-state index contributed by atoms with van der Waals surface area (Å²) < 4.78 is 9.99. The Balaban J connectivity index is 4.03. The first-order chi connectivity index (χ1) is 10.2. The number of ether oxygens (including phenoxy) is 2. The zero-order chi connectivity index (χ0) is 17.2. The van der Waals surface area contributed by atoms with Crippen LogP contribution in [0.1, 0.15) is 27.2 Å². The van der Waals surface area contributed by atoms with Gasteiger partial charge < -0.3 is 19.9 Å². The number of amides is 2. The number of hydrogen-bond donors (Lipinski definition) is 3. The van der Waals surface area contributed by atoms with E-state index < -0.39 is 29.6 Å². The Morgan fingerprint density at radius 1 is 1.27 bits per heavy atom. The van der Waals surface area contributed by atoms with Gasteiger partial charge in [0.15, 0.2) is 6.04 Å². The van der Waals surface area contributed by atoms with Crippen LogP contribution in [-0.2, 0) is 19.1 Å². The number of hydrogen-bond acceptors (Lipinski definition) is 5. The molecule has 0 aliphatic heterocycles. The molecule has 1 atom stereocenters. The quantitative estimate of drug-likeness (QED) is 0.433. The SMILES string of the molecule is C#CC(NC(=O)OC(C)(C)C)C(=O)NCCOCCC(=O)O. The van der Waals surface area contributed by atoms with Gasteiger partial charge in [-0.1, -0.05) is 5.92 Å². The van der Waals surface area contributed by atoms with Crippen molar-refractivity contribution >= 4 is 18.0 Å². The molecule has 0 radical (unpaired) electrons. The number of rotatable bonds is 8. The van der Waals surface area contributed by atoms with Crippen LogP contribution in [0.4, 0.5) is 4.79 Å². The fourth-order valence-corrected chi connectivity index (χ4v) is 1.22. The largest absolute Gasteiger partial charge is 0.481 e. The van der Waals surface area contributed by atoms with E-state index in [4.69, 9.17) is 21.0 Å². The summed E-state index contributed by atoms with van der Waals surface area (Å²) in [5.41, 5.74) is -0.697. The lowest BCUT2D eigenvalue weighted by atomic mass is 10.2. The number of carbonyl (C=O) groups is 3. The lowest BCUT2D eigenvalue weighted by molar-refractivity contribution is -0.138. The Labute approximate surface area is 129 Å². The third-order valence-electron chi connectivity index (χ3n) is 2.10. The Kier molecular flexibility index (Phi) is 8.63. The second-order valence-electron chi connectivity index (χ2n) is 5.29. The van der Waals surface area contributed by atoms with E-state index in [2.05, 4.69) is 16.6 Å². The minimum atomic E-state index is -1.16. The first-order valence-electron chi connectivity index (χ1n) is 6.68. The predicted molar refractivity (Wildman–Crippen MR) is 78.1 cm³/mol. The Morgan fingerprint density at radius 3 is 2.41 bits per heavy atom. The van der Waals surface area contributed by atoms with Crippen molar-refractivity contribution in [2.75, 3.05) is 19.8 Å².